The second-order valence-electron chi connectivity index (χ2n) is 5.66. The van der Waals surface area contributed by atoms with Gasteiger partial charge in [-0.2, -0.15) is 13.2 Å². The Hall–Kier alpha value is -1.27. The fraction of sp³-hybridized carbons (Fsp3) is 0.818. The first-order valence-electron chi connectivity index (χ1n) is 5.32. The van der Waals surface area contributed by atoms with E-state index in [1.165, 1.54) is 13.8 Å². The highest BCUT2D eigenvalue weighted by Gasteiger charge is 2.42. The molecule has 0 bridgehead atoms. The molecule has 0 radical (unpaired) electrons. The Morgan fingerprint density at radius 2 is 1.50 bits per heavy atom. The second-order valence-corrected chi connectivity index (χ2v) is 5.66. The number of carbonyl (C=O) groups is 2. The van der Waals surface area contributed by atoms with Gasteiger partial charge in [-0.1, -0.05) is 0 Å². The van der Waals surface area contributed by atoms with Gasteiger partial charge in [0.1, 0.15) is 6.61 Å². The summed E-state index contributed by atoms with van der Waals surface area (Å²) >= 11 is 0. The second kappa shape index (κ2) is 5.16. The highest BCUT2D eigenvalue weighted by molar-refractivity contribution is 5.83. The van der Waals surface area contributed by atoms with E-state index in [0.29, 0.717) is 0 Å². The molecular formula is C11H18F3NO3. The number of carbonyl (C=O) groups excluding carboxylic acids is 2. The molecule has 0 aromatic carbocycles. The Morgan fingerprint density at radius 3 is 1.83 bits per heavy atom. The van der Waals surface area contributed by atoms with E-state index < -0.39 is 35.6 Å². The summed E-state index contributed by atoms with van der Waals surface area (Å²) in [4.78, 5) is 22.3. The molecule has 4 nitrogen and oxygen atoms in total. The summed E-state index contributed by atoms with van der Waals surface area (Å²) in [5.41, 5.74) is -1.74. The number of hydrogen-bond acceptors (Lipinski definition) is 3. The third-order valence-electron chi connectivity index (χ3n) is 1.90. The van der Waals surface area contributed by atoms with Crippen molar-refractivity contribution in [2.24, 2.45) is 5.41 Å². The van der Waals surface area contributed by atoms with Crippen LogP contribution in [0.15, 0.2) is 0 Å². The predicted octanol–water partition coefficient (Wildman–Crippen LogP) is 2.03. The summed E-state index contributed by atoms with van der Waals surface area (Å²) in [6.07, 6.45) is -5.05. The minimum Gasteiger partial charge on any atom is -0.458 e. The van der Waals surface area contributed by atoms with Gasteiger partial charge < -0.3 is 10.1 Å². The van der Waals surface area contributed by atoms with Gasteiger partial charge >= 0.3 is 12.1 Å². The Balaban J connectivity index is 4.49. The molecule has 0 saturated carbocycles. The number of ether oxygens (including phenoxy) is 1. The van der Waals surface area contributed by atoms with Crippen molar-refractivity contribution in [3.63, 3.8) is 0 Å². The van der Waals surface area contributed by atoms with Crippen LogP contribution in [0.25, 0.3) is 0 Å². The highest BCUT2D eigenvalue weighted by atomic mass is 19.4. The smallest absolute Gasteiger partial charge is 0.458 e. The maximum Gasteiger partial charge on any atom is 0.490 e. The van der Waals surface area contributed by atoms with Crippen LogP contribution in [-0.2, 0) is 14.3 Å². The van der Waals surface area contributed by atoms with Crippen LogP contribution in [0.2, 0.25) is 0 Å². The van der Waals surface area contributed by atoms with Gasteiger partial charge in [-0.3, -0.25) is 4.79 Å². The Morgan fingerprint density at radius 1 is 1.06 bits per heavy atom. The number of hydrogen-bond donors (Lipinski definition) is 1. The lowest BCUT2D eigenvalue weighted by Gasteiger charge is -2.29. The number of nitrogens with one attached hydrogen (secondary N) is 1. The SMILES string of the molecule is CC(C)(C)NC(=O)C(C)(C)COC(=O)C(F)(F)F. The molecule has 0 aliphatic carbocycles. The number of alkyl halides is 3. The van der Waals surface area contributed by atoms with Gasteiger partial charge in [0, 0.05) is 5.54 Å². The van der Waals surface area contributed by atoms with E-state index in [1.54, 1.807) is 20.8 Å². The van der Waals surface area contributed by atoms with Crippen LogP contribution >= 0.6 is 0 Å². The zero-order chi connectivity index (χ0) is 14.8. The number of esters is 1. The molecule has 7 heteroatoms. The topological polar surface area (TPSA) is 55.4 Å². The summed E-state index contributed by atoms with van der Waals surface area (Å²) in [5, 5.41) is 2.61. The Kier molecular flexibility index (Phi) is 4.79. The first-order chi connectivity index (χ1) is 7.76. The van der Waals surface area contributed by atoms with Crippen LogP contribution in [0.4, 0.5) is 13.2 Å². The quantitative estimate of drug-likeness (QED) is 0.798. The van der Waals surface area contributed by atoms with E-state index in [1.807, 2.05) is 0 Å². The van der Waals surface area contributed by atoms with Gasteiger partial charge in [0.15, 0.2) is 0 Å². The first kappa shape index (κ1) is 16.7. The lowest BCUT2D eigenvalue weighted by atomic mass is 9.92. The minimum atomic E-state index is -5.05. The summed E-state index contributed by atoms with van der Waals surface area (Å²) in [5.74, 6) is -2.77. The van der Waals surface area contributed by atoms with Gasteiger partial charge in [-0.25, -0.2) is 4.79 Å². The minimum absolute atomic E-state index is 0.482. The number of rotatable bonds is 3. The molecule has 0 aliphatic rings. The largest absolute Gasteiger partial charge is 0.490 e. The molecule has 1 amide bonds. The molecule has 0 aliphatic heterocycles. The summed E-state index contributed by atoms with van der Waals surface area (Å²) in [6.45, 7) is 7.39. The number of amides is 1. The zero-order valence-corrected chi connectivity index (χ0v) is 11.1. The van der Waals surface area contributed by atoms with Gasteiger partial charge in [-0.05, 0) is 34.6 Å². The zero-order valence-electron chi connectivity index (χ0n) is 11.1. The number of halogens is 3. The maximum absolute atomic E-state index is 11.9. The fourth-order valence-electron chi connectivity index (χ4n) is 0.903. The molecule has 0 heterocycles. The van der Waals surface area contributed by atoms with Crippen molar-refractivity contribution in [3.8, 4) is 0 Å². The highest BCUT2D eigenvalue weighted by Crippen LogP contribution is 2.21. The molecule has 0 atom stereocenters. The van der Waals surface area contributed by atoms with Crippen molar-refractivity contribution in [3.05, 3.63) is 0 Å². The van der Waals surface area contributed by atoms with Gasteiger partial charge in [-0.15, -0.1) is 0 Å². The van der Waals surface area contributed by atoms with Crippen molar-refractivity contribution in [1.82, 2.24) is 5.32 Å². The third-order valence-corrected chi connectivity index (χ3v) is 1.90. The molecule has 0 spiro atoms. The Labute approximate surface area is 104 Å². The van der Waals surface area contributed by atoms with Gasteiger partial charge in [0.05, 0.1) is 5.41 Å². The predicted molar refractivity (Wildman–Crippen MR) is 58.7 cm³/mol. The molecule has 0 saturated heterocycles. The van der Waals surface area contributed by atoms with Crippen LogP contribution in [-0.4, -0.2) is 30.2 Å². The summed E-state index contributed by atoms with van der Waals surface area (Å²) in [7, 11) is 0. The summed E-state index contributed by atoms with van der Waals surface area (Å²) < 4.78 is 39.8. The van der Waals surface area contributed by atoms with Crippen molar-refractivity contribution in [2.75, 3.05) is 6.61 Å². The molecule has 0 aromatic rings. The van der Waals surface area contributed by atoms with Gasteiger partial charge in [0.25, 0.3) is 0 Å². The molecule has 0 fully saturated rings. The molecule has 0 rings (SSSR count). The maximum atomic E-state index is 11.9. The average Bonchev–Trinajstić information content (AvgIpc) is 2.09. The third kappa shape index (κ3) is 5.88. The molecule has 1 N–H and O–H groups in total. The molecule has 0 aromatic heterocycles. The average molecular weight is 269 g/mol. The standard InChI is InChI=1S/C11H18F3NO3/c1-9(2,3)15-7(16)10(4,5)6-18-8(17)11(12,13)14/h6H2,1-5H3,(H,15,16). The van der Waals surface area contributed by atoms with E-state index in [9.17, 15) is 22.8 Å². The lowest BCUT2D eigenvalue weighted by Crippen LogP contribution is -2.49. The van der Waals surface area contributed by atoms with E-state index >= 15 is 0 Å². The van der Waals surface area contributed by atoms with Crippen molar-refractivity contribution >= 4 is 11.9 Å². The van der Waals surface area contributed by atoms with Crippen LogP contribution in [0.1, 0.15) is 34.6 Å². The Bertz CT molecular complexity index is 329. The van der Waals surface area contributed by atoms with E-state index in [-0.39, 0.29) is 0 Å². The van der Waals surface area contributed by atoms with Crippen molar-refractivity contribution < 1.29 is 27.5 Å². The molecular weight excluding hydrogens is 251 g/mol. The van der Waals surface area contributed by atoms with E-state index in [0.717, 1.165) is 0 Å². The fourth-order valence-corrected chi connectivity index (χ4v) is 0.903. The summed E-state index contributed by atoms with van der Waals surface area (Å²) in [6, 6.07) is 0. The van der Waals surface area contributed by atoms with Crippen LogP contribution in [0.3, 0.4) is 0 Å². The lowest BCUT2D eigenvalue weighted by molar-refractivity contribution is -0.202. The van der Waals surface area contributed by atoms with Crippen LogP contribution in [0, 0.1) is 5.41 Å². The van der Waals surface area contributed by atoms with Crippen molar-refractivity contribution in [2.45, 2.75) is 46.3 Å². The first-order valence-corrected chi connectivity index (χ1v) is 5.32. The van der Waals surface area contributed by atoms with Crippen molar-refractivity contribution in [1.29, 1.82) is 0 Å². The van der Waals surface area contributed by atoms with E-state index in [4.69, 9.17) is 0 Å². The monoisotopic (exact) mass is 269 g/mol. The molecule has 106 valence electrons. The van der Waals surface area contributed by atoms with E-state index in [2.05, 4.69) is 10.1 Å². The normalized spacial score (nSPS) is 13.1. The van der Waals surface area contributed by atoms with Crippen LogP contribution in [0.5, 0.6) is 0 Å². The van der Waals surface area contributed by atoms with Gasteiger partial charge in [0.2, 0.25) is 5.91 Å². The molecule has 0 unspecified atom stereocenters. The van der Waals surface area contributed by atoms with Crippen LogP contribution < -0.4 is 5.32 Å². The molecule has 18 heavy (non-hydrogen) atoms.